The third-order valence-electron chi connectivity index (χ3n) is 5.83. The van der Waals surface area contributed by atoms with E-state index in [0.717, 1.165) is 0 Å². The smallest absolute Gasteiger partial charge is 0.253 e. The molecule has 0 saturated carbocycles. The molecule has 2 heterocycles. The van der Waals surface area contributed by atoms with E-state index in [1.165, 1.54) is 30.5 Å². The quantitative estimate of drug-likeness (QED) is 0.587. The van der Waals surface area contributed by atoms with Crippen molar-refractivity contribution in [3.05, 3.63) is 83.8 Å². The van der Waals surface area contributed by atoms with Gasteiger partial charge in [-0.15, -0.1) is 0 Å². The summed E-state index contributed by atoms with van der Waals surface area (Å²) in [6.07, 6.45) is 1.48. The zero-order valence-electron chi connectivity index (χ0n) is 19.1. The molecule has 1 atom stereocenters. The number of hydrogen-bond donors (Lipinski definition) is 1. The highest BCUT2D eigenvalue weighted by Crippen LogP contribution is 2.22. The van der Waals surface area contributed by atoms with Crippen LogP contribution in [-0.4, -0.2) is 58.8 Å². The number of amides is 2. The Hall–Kier alpha value is -4.29. The van der Waals surface area contributed by atoms with Gasteiger partial charge in [0.2, 0.25) is 5.91 Å². The number of carbonyl (C=O) groups excluding carboxylic acids is 2. The summed E-state index contributed by atoms with van der Waals surface area (Å²) < 4.78 is 18.6. The fraction of sp³-hybridized carbons (Fsp3) is 0.231. The van der Waals surface area contributed by atoms with Crippen LogP contribution in [0, 0.1) is 17.1 Å². The highest BCUT2D eigenvalue weighted by atomic mass is 19.1. The molecule has 1 N–H and O–H groups in total. The van der Waals surface area contributed by atoms with Crippen LogP contribution in [0.2, 0.25) is 0 Å². The van der Waals surface area contributed by atoms with Crippen molar-refractivity contribution in [1.82, 2.24) is 14.8 Å². The van der Waals surface area contributed by atoms with Gasteiger partial charge in [0.1, 0.15) is 23.1 Å². The Bertz CT molecular complexity index is 1220. The number of hydrogen-bond acceptors (Lipinski definition) is 6. The fourth-order valence-corrected chi connectivity index (χ4v) is 3.73. The van der Waals surface area contributed by atoms with Gasteiger partial charge in [0.15, 0.2) is 0 Å². The first-order valence-electron chi connectivity index (χ1n) is 11.2. The second-order valence-corrected chi connectivity index (χ2v) is 8.12. The van der Waals surface area contributed by atoms with Gasteiger partial charge in [0, 0.05) is 31.7 Å². The van der Waals surface area contributed by atoms with Crippen molar-refractivity contribution in [2.45, 2.75) is 13.0 Å². The van der Waals surface area contributed by atoms with E-state index >= 15 is 0 Å². The zero-order valence-corrected chi connectivity index (χ0v) is 19.1. The molecule has 1 saturated heterocycles. The molecular formula is C26H24FN5O3. The van der Waals surface area contributed by atoms with E-state index < -0.39 is 6.04 Å². The Morgan fingerprint density at radius 2 is 1.66 bits per heavy atom. The average Bonchev–Trinajstić information content (AvgIpc) is 2.90. The number of piperazine rings is 1. The van der Waals surface area contributed by atoms with Crippen molar-refractivity contribution >= 4 is 17.6 Å². The average molecular weight is 474 g/mol. The summed E-state index contributed by atoms with van der Waals surface area (Å²) >= 11 is 0. The summed E-state index contributed by atoms with van der Waals surface area (Å²) in [5.41, 5.74) is 1.05. The van der Waals surface area contributed by atoms with Crippen molar-refractivity contribution in [3.8, 4) is 17.6 Å². The predicted octanol–water partition coefficient (Wildman–Crippen LogP) is 3.67. The van der Waals surface area contributed by atoms with Crippen molar-refractivity contribution in [3.63, 3.8) is 0 Å². The maximum Gasteiger partial charge on any atom is 0.253 e. The van der Waals surface area contributed by atoms with Crippen LogP contribution in [0.3, 0.4) is 0 Å². The molecule has 2 amide bonds. The topological polar surface area (TPSA) is 98.6 Å². The zero-order chi connectivity index (χ0) is 24.8. The Balaban J connectivity index is 1.27. The number of rotatable bonds is 6. The van der Waals surface area contributed by atoms with E-state index in [0.29, 0.717) is 54.6 Å². The molecule has 0 radical (unpaired) electrons. The normalized spacial score (nSPS) is 14.6. The third kappa shape index (κ3) is 5.99. The Labute approximate surface area is 202 Å². The van der Waals surface area contributed by atoms with Crippen LogP contribution in [0.5, 0.6) is 11.5 Å². The molecule has 9 heteroatoms. The molecule has 1 aliphatic rings. The SMILES string of the molecule is CC(C(=O)Nc1ccc(Oc2ccc(F)cc2)cn1)N1CCN(C(=O)c2ccc(C#N)cc2)CC1. The van der Waals surface area contributed by atoms with Crippen LogP contribution in [0.1, 0.15) is 22.8 Å². The van der Waals surface area contributed by atoms with Crippen LogP contribution in [0.4, 0.5) is 10.2 Å². The minimum atomic E-state index is -0.404. The number of nitriles is 1. The van der Waals surface area contributed by atoms with Crippen LogP contribution < -0.4 is 10.1 Å². The van der Waals surface area contributed by atoms with Gasteiger partial charge in [-0.05, 0) is 67.6 Å². The highest BCUT2D eigenvalue weighted by Gasteiger charge is 2.28. The molecule has 8 nitrogen and oxygen atoms in total. The molecule has 0 aliphatic carbocycles. The lowest BCUT2D eigenvalue weighted by Crippen LogP contribution is -2.54. The van der Waals surface area contributed by atoms with Crippen molar-refractivity contribution in [2.75, 3.05) is 31.5 Å². The van der Waals surface area contributed by atoms with E-state index in [4.69, 9.17) is 10.00 Å². The number of ether oxygens (including phenoxy) is 1. The number of nitrogens with zero attached hydrogens (tertiary/aromatic N) is 4. The summed E-state index contributed by atoms with van der Waals surface area (Å²) in [6.45, 7) is 3.96. The number of aromatic nitrogens is 1. The molecule has 4 rings (SSSR count). The number of benzene rings is 2. The fourth-order valence-electron chi connectivity index (χ4n) is 3.73. The third-order valence-corrected chi connectivity index (χ3v) is 5.83. The van der Waals surface area contributed by atoms with E-state index in [-0.39, 0.29) is 17.6 Å². The van der Waals surface area contributed by atoms with Crippen LogP contribution in [0.15, 0.2) is 66.9 Å². The van der Waals surface area contributed by atoms with Crippen LogP contribution in [-0.2, 0) is 4.79 Å². The van der Waals surface area contributed by atoms with E-state index in [2.05, 4.69) is 10.3 Å². The Morgan fingerprint density at radius 3 is 2.26 bits per heavy atom. The lowest BCUT2D eigenvalue weighted by atomic mass is 10.1. The predicted molar refractivity (Wildman–Crippen MR) is 127 cm³/mol. The first-order valence-corrected chi connectivity index (χ1v) is 11.2. The second-order valence-electron chi connectivity index (χ2n) is 8.12. The largest absolute Gasteiger partial charge is 0.456 e. The number of halogens is 1. The van der Waals surface area contributed by atoms with Crippen LogP contribution >= 0.6 is 0 Å². The standard InChI is InChI=1S/C26H24FN5O3/c1-18(31-12-14-32(15-13-31)26(34)20-4-2-19(16-28)3-5-20)25(33)30-24-11-10-23(17-29-24)35-22-8-6-21(27)7-9-22/h2-11,17-18H,12-15H2,1H3,(H,29,30,33). The van der Waals surface area contributed by atoms with Gasteiger partial charge in [-0.3, -0.25) is 14.5 Å². The van der Waals surface area contributed by atoms with Crippen molar-refractivity contribution in [1.29, 1.82) is 5.26 Å². The number of carbonyl (C=O) groups is 2. The second kappa shape index (κ2) is 10.8. The minimum absolute atomic E-state index is 0.0848. The molecule has 1 unspecified atom stereocenters. The molecular weight excluding hydrogens is 449 g/mol. The van der Waals surface area contributed by atoms with Crippen LogP contribution in [0.25, 0.3) is 0 Å². The van der Waals surface area contributed by atoms with E-state index in [9.17, 15) is 14.0 Å². The van der Waals surface area contributed by atoms with Gasteiger partial charge in [-0.2, -0.15) is 5.26 Å². The summed E-state index contributed by atoms with van der Waals surface area (Å²) in [5.74, 6) is 0.709. The molecule has 1 aliphatic heterocycles. The highest BCUT2D eigenvalue weighted by molar-refractivity contribution is 5.95. The van der Waals surface area contributed by atoms with Gasteiger partial charge in [0.25, 0.3) is 5.91 Å². The van der Waals surface area contributed by atoms with Crippen molar-refractivity contribution < 1.29 is 18.7 Å². The van der Waals surface area contributed by atoms with E-state index in [1.807, 2.05) is 17.9 Å². The monoisotopic (exact) mass is 473 g/mol. The van der Waals surface area contributed by atoms with E-state index in [1.54, 1.807) is 41.3 Å². The molecule has 3 aromatic rings. The number of pyridine rings is 1. The Kier molecular flexibility index (Phi) is 7.33. The van der Waals surface area contributed by atoms with Gasteiger partial charge in [0.05, 0.1) is 23.9 Å². The van der Waals surface area contributed by atoms with Crippen molar-refractivity contribution in [2.24, 2.45) is 0 Å². The molecule has 1 fully saturated rings. The molecule has 1 aromatic heterocycles. The molecule has 0 bridgehead atoms. The number of nitrogens with one attached hydrogen (secondary N) is 1. The van der Waals surface area contributed by atoms with Gasteiger partial charge < -0.3 is 15.0 Å². The maximum absolute atomic E-state index is 13.0. The molecule has 0 spiro atoms. The summed E-state index contributed by atoms with van der Waals surface area (Å²) in [6, 6.07) is 17.2. The molecule has 178 valence electrons. The lowest BCUT2D eigenvalue weighted by molar-refractivity contribution is -0.121. The first-order chi connectivity index (χ1) is 16.9. The minimum Gasteiger partial charge on any atom is -0.456 e. The van der Waals surface area contributed by atoms with Gasteiger partial charge >= 0.3 is 0 Å². The summed E-state index contributed by atoms with van der Waals surface area (Å²) in [5, 5.41) is 11.7. The van der Waals surface area contributed by atoms with Gasteiger partial charge in [-0.25, -0.2) is 9.37 Å². The summed E-state index contributed by atoms with van der Waals surface area (Å²) in [7, 11) is 0. The Morgan fingerprint density at radius 1 is 1.00 bits per heavy atom. The maximum atomic E-state index is 13.0. The van der Waals surface area contributed by atoms with Gasteiger partial charge in [-0.1, -0.05) is 0 Å². The molecule has 2 aromatic carbocycles. The number of anilines is 1. The summed E-state index contributed by atoms with van der Waals surface area (Å²) in [4.78, 5) is 33.5. The first kappa shape index (κ1) is 23.9. The lowest BCUT2D eigenvalue weighted by Gasteiger charge is -2.37. The molecule has 35 heavy (non-hydrogen) atoms.